The van der Waals surface area contributed by atoms with E-state index >= 15 is 0 Å². The molecular weight excluding hydrogens is 453 g/mol. The van der Waals surface area contributed by atoms with E-state index < -0.39 is 11.2 Å². The van der Waals surface area contributed by atoms with Gasteiger partial charge in [-0.05, 0) is 65.4 Å². The Balaban J connectivity index is 1.88. The Hall–Kier alpha value is -1.87. The summed E-state index contributed by atoms with van der Waals surface area (Å²) < 4.78 is 1.03. The third kappa shape index (κ3) is 3.57. The van der Waals surface area contributed by atoms with Crippen LogP contribution >= 0.6 is 34.4 Å². The van der Waals surface area contributed by atoms with Gasteiger partial charge in [0, 0.05) is 14.9 Å². The molecule has 1 aliphatic rings. The van der Waals surface area contributed by atoms with E-state index in [9.17, 15) is 19.5 Å². The van der Waals surface area contributed by atoms with Crippen molar-refractivity contribution in [1.82, 2.24) is 0 Å². The molecule has 2 aromatic rings. The van der Waals surface area contributed by atoms with Crippen molar-refractivity contribution in [2.45, 2.75) is 23.5 Å². The molecule has 7 heteroatoms. The number of aryl methyl sites for hydroxylation is 1. The van der Waals surface area contributed by atoms with Crippen molar-refractivity contribution in [2.75, 3.05) is 4.90 Å². The van der Waals surface area contributed by atoms with Crippen molar-refractivity contribution < 1.29 is 19.5 Å². The predicted molar refractivity (Wildman–Crippen MR) is 104 cm³/mol. The van der Waals surface area contributed by atoms with Gasteiger partial charge in [-0.25, -0.2) is 9.69 Å². The van der Waals surface area contributed by atoms with Crippen molar-refractivity contribution in [2.24, 2.45) is 0 Å². The van der Waals surface area contributed by atoms with Crippen LogP contribution in [0.5, 0.6) is 0 Å². The number of carboxylic acid groups (broad SMARTS) is 1. The largest absolute Gasteiger partial charge is 0.478 e. The van der Waals surface area contributed by atoms with Crippen molar-refractivity contribution >= 4 is 57.8 Å². The van der Waals surface area contributed by atoms with Crippen LogP contribution in [0.15, 0.2) is 47.4 Å². The van der Waals surface area contributed by atoms with Crippen LogP contribution in [0.4, 0.5) is 5.69 Å². The second-order valence-corrected chi connectivity index (χ2v) is 8.10. The fraction of sp³-hybridized carbons (Fsp3) is 0.167. The average Bonchev–Trinajstić information content (AvgIpc) is 2.82. The number of hydrogen-bond acceptors (Lipinski definition) is 4. The fourth-order valence-electron chi connectivity index (χ4n) is 2.72. The van der Waals surface area contributed by atoms with Crippen LogP contribution in [-0.2, 0) is 9.59 Å². The number of amides is 2. The smallest absolute Gasteiger partial charge is 0.336 e. The standard InChI is InChI=1S/C18H14INO4S/c1-10-8-11(19)6-7-13(10)20-16(21)9-15(17(20)22)25-14-5-3-2-4-12(14)18(23)24/h2-8,15H,9H2,1H3,(H,23,24)/t15-/m1/s1. The lowest BCUT2D eigenvalue weighted by Gasteiger charge is -2.17. The molecule has 1 N–H and O–H groups in total. The minimum Gasteiger partial charge on any atom is -0.478 e. The van der Waals surface area contributed by atoms with Gasteiger partial charge in [0.15, 0.2) is 0 Å². The summed E-state index contributed by atoms with van der Waals surface area (Å²) in [6, 6.07) is 12.0. The molecular formula is C18H14INO4S. The predicted octanol–water partition coefficient (Wildman–Crippen LogP) is 3.72. The van der Waals surface area contributed by atoms with Crippen molar-refractivity contribution in [3.63, 3.8) is 0 Å². The van der Waals surface area contributed by atoms with Gasteiger partial charge in [0.05, 0.1) is 16.5 Å². The average molecular weight is 467 g/mol. The number of benzene rings is 2. The Kier molecular flexibility index (Phi) is 5.14. The maximum atomic E-state index is 12.8. The van der Waals surface area contributed by atoms with Gasteiger partial charge in [0.2, 0.25) is 11.8 Å². The first-order valence-electron chi connectivity index (χ1n) is 7.50. The number of halogens is 1. The number of hydrogen-bond donors (Lipinski definition) is 1. The number of carbonyl (C=O) groups is 3. The van der Waals surface area contributed by atoms with E-state index in [2.05, 4.69) is 22.6 Å². The summed E-state index contributed by atoms with van der Waals surface area (Å²) in [5.74, 6) is -1.62. The van der Waals surface area contributed by atoms with Gasteiger partial charge in [-0.2, -0.15) is 0 Å². The minimum atomic E-state index is -1.05. The molecule has 1 atom stereocenters. The highest BCUT2D eigenvalue weighted by molar-refractivity contribution is 14.1. The van der Waals surface area contributed by atoms with Crippen LogP contribution in [0.25, 0.3) is 0 Å². The van der Waals surface area contributed by atoms with Crippen LogP contribution in [0.2, 0.25) is 0 Å². The van der Waals surface area contributed by atoms with Gasteiger partial charge < -0.3 is 5.11 Å². The lowest BCUT2D eigenvalue weighted by Crippen LogP contribution is -2.31. The maximum Gasteiger partial charge on any atom is 0.336 e. The summed E-state index contributed by atoms with van der Waals surface area (Å²) in [6.45, 7) is 1.86. The third-order valence-electron chi connectivity index (χ3n) is 3.89. The quantitative estimate of drug-likeness (QED) is 0.548. The summed E-state index contributed by atoms with van der Waals surface area (Å²) >= 11 is 3.31. The molecule has 25 heavy (non-hydrogen) atoms. The Bertz CT molecular complexity index is 883. The summed E-state index contributed by atoms with van der Waals surface area (Å²) in [6.07, 6.45) is 0.0584. The van der Waals surface area contributed by atoms with Gasteiger partial charge in [-0.3, -0.25) is 9.59 Å². The summed E-state index contributed by atoms with van der Waals surface area (Å²) in [5, 5.41) is 8.65. The molecule has 0 spiro atoms. The number of imide groups is 1. The van der Waals surface area contributed by atoms with Gasteiger partial charge in [-0.15, -0.1) is 11.8 Å². The molecule has 1 aliphatic heterocycles. The highest BCUT2D eigenvalue weighted by atomic mass is 127. The molecule has 0 aromatic heterocycles. The molecule has 0 unspecified atom stereocenters. The normalized spacial score (nSPS) is 17.2. The number of thioether (sulfide) groups is 1. The van der Waals surface area contributed by atoms with Crippen LogP contribution in [0.3, 0.4) is 0 Å². The lowest BCUT2D eigenvalue weighted by atomic mass is 10.2. The van der Waals surface area contributed by atoms with Crippen molar-refractivity contribution in [1.29, 1.82) is 0 Å². The van der Waals surface area contributed by atoms with Crippen LogP contribution in [0.1, 0.15) is 22.3 Å². The van der Waals surface area contributed by atoms with Gasteiger partial charge in [0.25, 0.3) is 0 Å². The molecule has 2 amide bonds. The second-order valence-electron chi connectivity index (χ2n) is 5.61. The van der Waals surface area contributed by atoms with Crippen LogP contribution in [0, 0.1) is 10.5 Å². The Labute approximate surface area is 162 Å². The summed E-state index contributed by atoms with van der Waals surface area (Å²) in [7, 11) is 0. The number of nitrogens with zero attached hydrogens (tertiary/aromatic N) is 1. The first-order valence-corrected chi connectivity index (χ1v) is 9.46. The van der Waals surface area contributed by atoms with Crippen LogP contribution in [-0.4, -0.2) is 28.1 Å². The third-order valence-corrected chi connectivity index (χ3v) is 5.83. The molecule has 0 radical (unpaired) electrons. The van der Waals surface area contributed by atoms with E-state index in [0.717, 1.165) is 20.9 Å². The summed E-state index contributed by atoms with van der Waals surface area (Å²) in [5.41, 5.74) is 1.58. The maximum absolute atomic E-state index is 12.8. The lowest BCUT2D eigenvalue weighted by molar-refractivity contribution is -0.121. The van der Waals surface area contributed by atoms with Crippen LogP contribution < -0.4 is 4.90 Å². The van der Waals surface area contributed by atoms with E-state index in [-0.39, 0.29) is 23.8 Å². The molecule has 0 bridgehead atoms. The molecule has 128 valence electrons. The Morgan fingerprint density at radius 3 is 2.64 bits per heavy atom. The number of aromatic carboxylic acids is 1. The van der Waals surface area contributed by atoms with E-state index in [1.807, 2.05) is 19.1 Å². The van der Waals surface area contributed by atoms with E-state index in [4.69, 9.17) is 0 Å². The molecule has 3 rings (SSSR count). The Morgan fingerprint density at radius 1 is 1.24 bits per heavy atom. The number of anilines is 1. The highest BCUT2D eigenvalue weighted by Crippen LogP contribution is 2.36. The highest BCUT2D eigenvalue weighted by Gasteiger charge is 2.41. The first-order chi connectivity index (χ1) is 11.9. The number of rotatable bonds is 4. The zero-order valence-electron chi connectivity index (χ0n) is 13.2. The summed E-state index contributed by atoms with van der Waals surface area (Å²) in [4.78, 5) is 38.2. The van der Waals surface area contributed by atoms with Gasteiger partial charge in [0.1, 0.15) is 0 Å². The van der Waals surface area contributed by atoms with Gasteiger partial charge in [-0.1, -0.05) is 12.1 Å². The monoisotopic (exact) mass is 467 g/mol. The molecule has 1 heterocycles. The molecule has 2 aromatic carbocycles. The first kappa shape index (κ1) is 17.9. The zero-order chi connectivity index (χ0) is 18.1. The van der Waals surface area contributed by atoms with Crippen molar-refractivity contribution in [3.8, 4) is 0 Å². The Morgan fingerprint density at radius 2 is 1.96 bits per heavy atom. The molecule has 5 nitrogen and oxygen atoms in total. The second kappa shape index (κ2) is 7.17. The zero-order valence-corrected chi connectivity index (χ0v) is 16.2. The van der Waals surface area contributed by atoms with E-state index in [1.54, 1.807) is 24.3 Å². The molecule has 0 saturated carbocycles. The molecule has 0 aliphatic carbocycles. The fourth-order valence-corrected chi connectivity index (χ4v) is 4.54. The number of carbonyl (C=O) groups excluding carboxylic acids is 2. The van der Waals surface area contributed by atoms with E-state index in [0.29, 0.717) is 10.6 Å². The van der Waals surface area contributed by atoms with Gasteiger partial charge >= 0.3 is 5.97 Å². The molecule has 1 saturated heterocycles. The minimum absolute atomic E-state index is 0.0584. The number of carboxylic acids is 1. The molecule has 1 fully saturated rings. The van der Waals surface area contributed by atoms with E-state index in [1.165, 1.54) is 11.0 Å². The topological polar surface area (TPSA) is 74.7 Å². The van der Waals surface area contributed by atoms with Crippen molar-refractivity contribution in [3.05, 3.63) is 57.2 Å². The SMILES string of the molecule is Cc1cc(I)ccc1N1C(=O)C[C@@H](Sc2ccccc2C(=O)O)C1=O.